The fourth-order valence-electron chi connectivity index (χ4n) is 3.40. The number of aryl methyl sites for hydroxylation is 1. The van der Waals surface area contributed by atoms with Gasteiger partial charge in [0.2, 0.25) is 10.0 Å². The maximum absolute atomic E-state index is 13.4. The maximum atomic E-state index is 13.4. The van der Waals surface area contributed by atoms with Gasteiger partial charge in [0.1, 0.15) is 8.07 Å². The Kier molecular flexibility index (Phi) is 6.78. The third-order valence-corrected chi connectivity index (χ3v) is 7.78. The van der Waals surface area contributed by atoms with E-state index in [1.54, 1.807) is 18.8 Å². The molecule has 0 bridgehead atoms. The van der Waals surface area contributed by atoms with Crippen LogP contribution in [0.5, 0.6) is 0 Å². The zero-order valence-corrected chi connectivity index (χ0v) is 21.1. The summed E-state index contributed by atoms with van der Waals surface area (Å²) in [6, 6.07) is 5.30. The summed E-state index contributed by atoms with van der Waals surface area (Å²) in [5, 5.41) is 15.9. The van der Waals surface area contributed by atoms with Gasteiger partial charge in [-0.1, -0.05) is 37.7 Å². The molecule has 3 rings (SSSR count). The number of sulfonamides is 1. The van der Waals surface area contributed by atoms with Crippen LogP contribution in [-0.4, -0.2) is 66.9 Å². The van der Waals surface area contributed by atoms with Gasteiger partial charge in [0.15, 0.2) is 10.6 Å². The summed E-state index contributed by atoms with van der Waals surface area (Å²) < 4.78 is 29.7. The van der Waals surface area contributed by atoms with Gasteiger partial charge in [-0.05, 0) is 12.5 Å². The molecular weight excluding hydrogens is 462 g/mol. The minimum atomic E-state index is -4.18. The van der Waals surface area contributed by atoms with Gasteiger partial charge in [-0.15, -0.1) is 5.54 Å². The van der Waals surface area contributed by atoms with Crippen LogP contribution in [-0.2, 0) is 23.1 Å². The van der Waals surface area contributed by atoms with E-state index in [2.05, 4.69) is 36.2 Å². The van der Waals surface area contributed by atoms with Crippen LogP contribution in [0.4, 0.5) is 5.69 Å². The van der Waals surface area contributed by atoms with Gasteiger partial charge >= 0.3 is 0 Å². The Morgan fingerprint density at radius 2 is 1.88 bits per heavy atom. The van der Waals surface area contributed by atoms with Gasteiger partial charge in [0.25, 0.3) is 11.6 Å². The van der Waals surface area contributed by atoms with Crippen molar-refractivity contribution >= 4 is 29.7 Å². The third kappa shape index (κ3) is 5.16. The largest absolute Gasteiger partial charge is 0.343 e. The molecule has 176 valence electrons. The second-order valence-corrected chi connectivity index (χ2v) is 15.7. The van der Waals surface area contributed by atoms with Crippen molar-refractivity contribution in [1.82, 2.24) is 19.0 Å². The van der Waals surface area contributed by atoms with Crippen LogP contribution in [0.3, 0.4) is 0 Å². The average molecular weight is 490 g/mol. The number of rotatable bonds is 4. The Hall–Kier alpha value is -3.01. The number of para-hydroxylation sites is 1. The van der Waals surface area contributed by atoms with E-state index in [4.69, 9.17) is 0 Å². The number of amides is 1. The van der Waals surface area contributed by atoms with Crippen molar-refractivity contribution < 1.29 is 18.1 Å². The van der Waals surface area contributed by atoms with Crippen LogP contribution in [0.15, 0.2) is 29.2 Å². The van der Waals surface area contributed by atoms with Gasteiger partial charge in [-0.25, -0.2) is 8.42 Å². The lowest BCUT2D eigenvalue weighted by Gasteiger charge is -2.20. The van der Waals surface area contributed by atoms with Crippen molar-refractivity contribution in [3.63, 3.8) is 0 Å². The van der Waals surface area contributed by atoms with Crippen molar-refractivity contribution in [2.45, 2.75) is 44.0 Å². The van der Waals surface area contributed by atoms with E-state index in [0.717, 1.165) is 0 Å². The van der Waals surface area contributed by atoms with Gasteiger partial charge < -0.3 is 4.90 Å². The molecule has 0 saturated heterocycles. The fourth-order valence-corrected chi connectivity index (χ4v) is 5.50. The molecule has 0 spiro atoms. The molecule has 0 saturated carbocycles. The Balaban J connectivity index is 2.14. The zero-order chi connectivity index (χ0) is 24.6. The topological polar surface area (TPSA) is 119 Å². The van der Waals surface area contributed by atoms with Gasteiger partial charge in [0.05, 0.1) is 22.7 Å². The summed E-state index contributed by atoms with van der Waals surface area (Å²) in [4.78, 5) is 24.6. The van der Waals surface area contributed by atoms with E-state index in [1.165, 1.54) is 33.5 Å². The molecule has 0 unspecified atom stereocenters. The first-order valence-corrected chi connectivity index (χ1v) is 15.3. The standard InChI is InChI=1S/C21H27N5O5SSi/c1-23(2)21(27)20-16(11-14-33(3,4)5)18-15-24(12-8-13-25(18)22-20)32(30,31)19-10-7-6-9-17(19)26(28)29/h6-7,9-10H,8,12-13,15H2,1-5H3. The number of hydrogen-bond donors (Lipinski definition) is 0. The lowest BCUT2D eigenvalue weighted by atomic mass is 10.1. The summed E-state index contributed by atoms with van der Waals surface area (Å²) in [5.41, 5.74) is 3.89. The summed E-state index contributed by atoms with van der Waals surface area (Å²) in [6.07, 6.45) is 0.436. The minimum Gasteiger partial charge on any atom is -0.343 e. The summed E-state index contributed by atoms with van der Waals surface area (Å²) in [7, 11) is -2.75. The van der Waals surface area contributed by atoms with Crippen LogP contribution < -0.4 is 0 Å². The van der Waals surface area contributed by atoms with E-state index in [0.29, 0.717) is 24.2 Å². The molecule has 33 heavy (non-hydrogen) atoms. The molecule has 1 aromatic carbocycles. The molecule has 12 heteroatoms. The number of benzene rings is 1. The number of carbonyl (C=O) groups excluding carboxylic acids is 1. The number of nitro groups is 1. The normalized spacial score (nSPS) is 14.6. The number of fused-ring (bicyclic) bond motifs is 1. The lowest BCUT2D eigenvalue weighted by Crippen LogP contribution is -2.31. The molecule has 1 aliphatic rings. The molecule has 0 radical (unpaired) electrons. The predicted octanol–water partition coefficient (Wildman–Crippen LogP) is 2.32. The summed E-state index contributed by atoms with van der Waals surface area (Å²) in [6.45, 7) is 6.69. The van der Waals surface area contributed by atoms with Gasteiger partial charge in [-0.2, -0.15) is 9.40 Å². The van der Waals surface area contributed by atoms with E-state index >= 15 is 0 Å². The van der Waals surface area contributed by atoms with Crippen LogP contribution >= 0.6 is 0 Å². The first kappa shape index (κ1) is 24.6. The summed E-state index contributed by atoms with van der Waals surface area (Å²) >= 11 is 0. The second kappa shape index (κ2) is 9.09. The Labute approximate surface area is 194 Å². The minimum absolute atomic E-state index is 0.0855. The van der Waals surface area contributed by atoms with Crippen LogP contribution in [0.25, 0.3) is 0 Å². The monoisotopic (exact) mass is 489 g/mol. The van der Waals surface area contributed by atoms with E-state index in [-0.39, 0.29) is 29.6 Å². The van der Waals surface area contributed by atoms with Gasteiger partial charge in [-0.3, -0.25) is 19.6 Å². The van der Waals surface area contributed by atoms with Crippen LogP contribution in [0.2, 0.25) is 19.6 Å². The van der Waals surface area contributed by atoms with Crippen molar-refractivity contribution in [3.8, 4) is 11.5 Å². The Morgan fingerprint density at radius 3 is 2.48 bits per heavy atom. The highest BCUT2D eigenvalue weighted by Gasteiger charge is 2.35. The molecule has 0 fully saturated rings. The molecule has 2 aromatic rings. The summed E-state index contributed by atoms with van der Waals surface area (Å²) in [5.74, 6) is 2.80. The molecule has 1 aromatic heterocycles. The number of nitro benzene ring substituents is 1. The predicted molar refractivity (Wildman–Crippen MR) is 126 cm³/mol. The molecule has 10 nitrogen and oxygen atoms in total. The quantitative estimate of drug-likeness (QED) is 0.281. The molecule has 1 aliphatic heterocycles. The van der Waals surface area contributed by atoms with Crippen LogP contribution in [0.1, 0.15) is 28.2 Å². The Morgan fingerprint density at radius 1 is 1.21 bits per heavy atom. The third-order valence-electron chi connectivity index (χ3n) is 5.01. The highest BCUT2D eigenvalue weighted by Crippen LogP contribution is 2.30. The number of nitrogens with zero attached hydrogens (tertiary/aromatic N) is 5. The number of hydrogen-bond acceptors (Lipinski definition) is 6. The smallest absolute Gasteiger partial charge is 0.289 e. The molecule has 0 atom stereocenters. The van der Waals surface area contributed by atoms with Crippen LogP contribution in [0, 0.1) is 21.6 Å². The van der Waals surface area contributed by atoms with Crippen molar-refractivity contribution in [2.75, 3.05) is 20.6 Å². The highest BCUT2D eigenvalue weighted by atomic mass is 32.2. The van der Waals surface area contributed by atoms with Gasteiger partial charge in [0, 0.05) is 33.3 Å². The molecule has 0 N–H and O–H groups in total. The molecular formula is C21H27N5O5SSi. The lowest BCUT2D eigenvalue weighted by molar-refractivity contribution is -0.387. The first-order valence-electron chi connectivity index (χ1n) is 10.4. The van der Waals surface area contributed by atoms with Crippen molar-refractivity contribution in [1.29, 1.82) is 0 Å². The molecule has 0 aliphatic carbocycles. The van der Waals surface area contributed by atoms with Crippen molar-refractivity contribution in [2.24, 2.45) is 0 Å². The molecule has 1 amide bonds. The second-order valence-electron chi connectivity index (χ2n) is 9.01. The van der Waals surface area contributed by atoms with Crippen molar-refractivity contribution in [3.05, 3.63) is 51.3 Å². The Bertz CT molecular complexity index is 1270. The average Bonchev–Trinajstić information content (AvgIpc) is 2.92. The molecule has 2 heterocycles. The number of aromatic nitrogens is 2. The number of carbonyl (C=O) groups is 1. The zero-order valence-electron chi connectivity index (χ0n) is 19.3. The van der Waals surface area contributed by atoms with E-state index in [1.807, 2.05) is 0 Å². The SMILES string of the molecule is CN(C)C(=O)c1nn2c(c1C#C[Si](C)(C)C)CN(S(=O)(=O)c1ccccc1[N+](=O)[O-])CCC2. The fraction of sp³-hybridized carbons (Fsp3) is 0.429. The maximum Gasteiger partial charge on any atom is 0.289 e. The van der Waals surface area contributed by atoms with E-state index < -0.39 is 28.7 Å². The highest BCUT2D eigenvalue weighted by molar-refractivity contribution is 7.89. The van der Waals surface area contributed by atoms with E-state index in [9.17, 15) is 23.3 Å². The first-order chi connectivity index (χ1) is 15.3.